The molecule has 1 unspecified atom stereocenters. The Kier molecular flexibility index (Phi) is 3.00. The molecule has 2 N–H and O–H groups in total. The summed E-state index contributed by atoms with van der Waals surface area (Å²) in [6.07, 6.45) is -5.41. The van der Waals surface area contributed by atoms with E-state index in [1.54, 1.807) is 0 Å². The van der Waals surface area contributed by atoms with E-state index in [4.69, 9.17) is 5.11 Å². The molecule has 0 aromatic heterocycles. The van der Waals surface area contributed by atoms with Gasteiger partial charge in [-0.25, -0.2) is 0 Å². The lowest BCUT2D eigenvalue weighted by molar-refractivity contribution is -0.227. The highest BCUT2D eigenvalue weighted by Gasteiger charge is 2.64. The Morgan fingerprint density at radius 3 is 2.28 bits per heavy atom. The molecule has 2 rings (SSSR count). The number of amides is 1. The van der Waals surface area contributed by atoms with E-state index in [-0.39, 0.29) is 18.4 Å². The molecule has 1 amide bonds. The molecule has 2 fully saturated rings. The quantitative estimate of drug-likeness (QED) is 0.742. The Morgan fingerprint density at radius 1 is 1.33 bits per heavy atom. The summed E-state index contributed by atoms with van der Waals surface area (Å²) in [7, 11) is 0. The first-order valence-corrected chi connectivity index (χ1v) is 5.57. The lowest BCUT2D eigenvalue weighted by atomic mass is 9.86. The molecule has 8 heteroatoms. The molecule has 0 spiro atoms. The summed E-state index contributed by atoms with van der Waals surface area (Å²) < 4.78 is 38.6. The van der Waals surface area contributed by atoms with E-state index >= 15 is 0 Å². The van der Waals surface area contributed by atoms with Gasteiger partial charge >= 0.3 is 12.1 Å². The molecule has 0 bridgehead atoms. The highest BCUT2D eigenvalue weighted by atomic mass is 19.4. The van der Waals surface area contributed by atoms with Crippen LogP contribution in [0.3, 0.4) is 0 Å². The third-order valence-corrected chi connectivity index (χ3v) is 3.66. The number of nitrogens with zero attached hydrogens (tertiary/aromatic N) is 1. The van der Waals surface area contributed by atoms with Gasteiger partial charge in [0.25, 0.3) is 0 Å². The summed E-state index contributed by atoms with van der Waals surface area (Å²) in [5, 5.41) is 11.7. The minimum atomic E-state index is -4.84. The van der Waals surface area contributed by atoms with E-state index in [1.807, 2.05) is 0 Å². The molecule has 2 aliphatic rings. The van der Waals surface area contributed by atoms with Crippen LogP contribution in [0.4, 0.5) is 13.2 Å². The van der Waals surface area contributed by atoms with Gasteiger partial charge in [-0.3, -0.25) is 9.59 Å². The Hall–Kier alpha value is -1.31. The number of carbonyl (C=O) groups is 2. The van der Waals surface area contributed by atoms with Gasteiger partial charge in [-0.1, -0.05) is 0 Å². The fourth-order valence-corrected chi connectivity index (χ4v) is 2.25. The zero-order valence-corrected chi connectivity index (χ0v) is 9.46. The molecule has 0 aliphatic carbocycles. The van der Waals surface area contributed by atoms with Crippen molar-refractivity contribution in [1.82, 2.24) is 10.2 Å². The van der Waals surface area contributed by atoms with E-state index in [9.17, 15) is 22.8 Å². The number of hydrogen-bond acceptors (Lipinski definition) is 3. The molecule has 18 heavy (non-hydrogen) atoms. The van der Waals surface area contributed by atoms with Crippen molar-refractivity contribution in [3.8, 4) is 0 Å². The molecule has 2 heterocycles. The zero-order chi connectivity index (χ0) is 13.6. The molecule has 0 radical (unpaired) electrons. The van der Waals surface area contributed by atoms with Gasteiger partial charge in [0, 0.05) is 26.2 Å². The number of carboxylic acids is 1. The SMILES string of the molecule is O=C(C1CNC1)N1CCC(C(=O)O)(C(F)(F)F)C1. The second-order valence-electron chi connectivity index (χ2n) is 4.75. The Morgan fingerprint density at radius 2 is 1.94 bits per heavy atom. The van der Waals surface area contributed by atoms with Gasteiger partial charge in [0.05, 0.1) is 5.92 Å². The van der Waals surface area contributed by atoms with Crippen molar-refractivity contribution in [1.29, 1.82) is 0 Å². The summed E-state index contributed by atoms with van der Waals surface area (Å²) in [5.41, 5.74) is -2.81. The van der Waals surface area contributed by atoms with Crippen LogP contribution < -0.4 is 5.32 Å². The summed E-state index contributed by atoms with van der Waals surface area (Å²) in [5.74, 6) is -2.61. The normalized spacial score (nSPS) is 29.2. The molecule has 5 nitrogen and oxygen atoms in total. The van der Waals surface area contributed by atoms with Crippen LogP contribution in [0.15, 0.2) is 0 Å². The molecular formula is C10H13F3N2O3. The highest BCUT2D eigenvalue weighted by Crippen LogP contribution is 2.46. The second kappa shape index (κ2) is 4.11. The monoisotopic (exact) mass is 266 g/mol. The number of likely N-dealkylation sites (tertiary alicyclic amines) is 1. The largest absolute Gasteiger partial charge is 0.481 e. The van der Waals surface area contributed by atoms with Gasteiger partial charge in [-0.15, -0.1) is 0 Å². The summed E-state index contributed by atoms with van der Waals surface area (Å²) in [6, 6.07) is 0. The summed E-state index contributed by atoms with van der Waals surface area (Å²) in [4.78, 5) is 23.7. The maximum atomic E-state index is 12.9. The molecule has 0 saturated carbocycles. The van der Waals surface area contributed by atoms with Crippen molar-refractivity contribution in [2.75, 3.05) is 26.2 Å². The van der Waals surface area contributed by atoms with Gasteiger partial charge < -0.3 is 15.3 Å². The molecular weight excluding hydrogens is 253 g/mol. The first-order chi connectivity index (χ1) is 8.28. The molecule has 102 valence electrons. The first kappa shape index (κ1) is 13.1. The number of aliphatic carboxylic acids is 1. The maximum absolute atomic E-state index is 12.9. The predicted octanol–water partition coefficient (Wildman–Crippen LogP) is 0.0714. The van der Waals surface area contributed by atoms with Gasteiger partial charge in [0.1, 0.15) is 0 Å². The van der Waals surface area contributed by atoms with E-state index in [0.717, 1.165) is 4.90 Å². The number of carboxylic acid groups (broad SMARTS) is 1. The minimum absolute atomic E-state index is 0.152. The van der Waals surface area contributed by atoms with Crippen LogP contribution in [0, 0.1) is 11.3 Å². The Bertz CT molecular complexity index is 381. The average molecular weight is 266 g/mol. The fraction of sp³-hybridized carbons (Fsp3) is 0.800. The number of carbonyl (C=O) groups excluding carboxylic acids is 1. The van der Waals surface area contributed by atoms with Crippen LogP contribution in [0.2, 0.25) is 0 Å². The summed E-state index contributed by atoms with van der Waals surface area (Å²) in [6.45, 7) is -0.0366. The number of hydrogen-bond donors (Lipinski definition) is 2. The van der Waals surface area contributed by atoms with Crippen molar-refractivity contribution >= 4 is 11.9 Å². The summed E-state index contributed by atoms with van der Waals surface area (Å²) >= 11 is 0. The van der Waals surface area contributed by atoms with Crippen LogP contribution >= 0.6 is 0 Å². The topological polar surface area (TPSA) is 69.6 Å². The second-order valence-corrected chi connectivity index (χ2v) is 4.75. The molecule has 2 aliphatic heterocycles. The predicted molar refractivity (Wildman–Crippen MR) is 53.7 cm³/mol. The van der Waals surface area contributed by atoms with Crippen LogP contribution in [0.5, 0.6) is 0 Å². The molecule has 0 aromatic rings. The van der Waals surface area contributed by atoms with Crippen molar-refractivity contribution < 1.29 is 27.9 Å². The third-order valence-electron chi connectivity index (χ3n) is 3.66. The van der Waals surface area contributed by atoms with E-state index < -0.39 is 30.5 Å². The Labute approximate surface area is 101 Å². The average Bonchev–Trinajstić information content (AvgIpc) is 2.58. The maximum Gasteiger partial charge on any atom is 0.406 e. The van der Waals surface area contributed by atoms with E-state index in [1.165, 1.54) is 0 Å². The van der Waals surface area contributed by atoms with E-state index in [0.29, 0.717) is 13.1 Å². The highest BCUT2D eigenvalue weighted by molar-refractivity contribution is 5.83. The third kappa shape index (κ3) is 1.84. The number of nitrogens with one attached hydrogen (secondary N) is 1. The number of halogens is 3. The Balaban J connectivity index is 2.13. The van der Waals surface area contributed by atoms with Crippen molar-refractivity contribution in [2.45, 2.75) is 12.6 Å². The lowest BCUT2D eigenvalue weighted by Gasteiger charge is -2.31. The smallest absolute Gasteiger partial charge is 0.406 e. The molecule has 2 saturated heterocycles. The lowest BCUT2D eigenvalue weighted by Crippen LogP contribution is -2.53. The van der Waals surface area contributed by atoms with Crippen molar-refractivity contribution in [3.63, 3.8) is 0 Å². The van der Waals surface area contributed by atoms with Crippen LogP contribution in [0.25, 0.3) is 0 Å². The number of rotatable bonds is 2. The van der Waals surface area contributed by atoms with Crippen LogP contribution in [-0.2, 0) is 9.59 Å². The van der Waals surface area contributed by atoms with Gasteiger partial charge in [0.15, 0.2) is 5.41 Å². The van der Waals surface area contributed by atoms with Crippen molar-refractivity contribution in [2.24, 2.45) is 11.3 Å². The molecule has 0 aromatic carbocycles. The minimum Gasteiger partial charge on any atom is -0.481 e. The fourth-order valence-electron chi connectivity index (χ4n) is 2.25. The van der Waals surface area contributed by atoms with Crippen molar-refractivity contribution in [3.05, 3.63) is 0 Å². The zero-order valence-electron chi connectivity index (χ0n) is 9.46. The van der Waals surface area contributed by atoms with Crippen LogP contribution in [0.1, 0.15) is 6.42 Å². The van der Waals surface area contributed by atoms with Gasteiger partial charge in [-0.2, -0.15) is 13.2 Å². The number of alkyl halides is 3. The van der Waals surface area contributed by atoms with Gasteiger partial charge in [0.2, 0.25) is 5.91 Å². The first-order valence-electron chi connectivity index (χ1n) is 5.57. The van der Waals surface area contributed by atoms with Crippen LogP contribution in [-0.4, -0.2) is 54.2 Å². The standard InChI is InChI=1S/C10H13F3N2O3/c11-10(12,13)9(8(17)18)1-2-15(5-9)7(16)6-3-14-4-6/h6,14H,1-5H2,(H,17,18). The van der Waals surface area contributed by atoms with Gasteiger partial charge in [-0.05, 0) is 6.42 Å². The van der Waals surface area contributed by atoms with E-state index in [2.05, 4.69) is 5.32 Å². The molecule has 1 atom stereocenters.